The van der Waals surface area contributed by atoms with Gasteiger partial charge in [0.25, 0.3) is 0 Å². The third kappa shape index (κ3) is 13.2. The first-order valence-corrected chi connectivity index (χ1v) is 9.84. The Morgan fingerprint density at radius 2 is 1.18 bits per heavy atom. The van der Waals surface area contributed by atoms with Crippen molar-refractivity contribution < 1.29 is 9.90 Å². The summed E-state index contributed by atoms with van der Waals surface area (Å²) >= 11 is 0. The number of carboxylic acid groups (broad SMARTS) is 1. The van der Waals surface area contributed by atoms with Gasteiger partial charge in [0.1, 0.15) is 0 Å². The number of carbonyl (C=O) groups is 1. The maximum absolute atomic E-state index is 11.0. The molecule has 0 amide bonds. The maximum atomic E-state index is 11.0. The fourth-order valence-corrected chi connectivity index (χ4v) is 3.12. The van der Waals surface area contributed by atoms with Crippen LogP contribution < -0.4 is 0 Å². The van der Waals surface area contributed by atoms with Gasteiger partial charge >= 0.3 is 5.97 Å². The molecule has 132 valence electrons. The summed E-state index contributed by atoms with van der Waals surface area (Å²) < 4.78 is 0. The summed E-state index contributed by atoms with van der Waals surface area (Å²) in [6.45, 7) is 6.36. The molecule has 0 bridgehead atoms. The minimum atomic E-state index is -0.635. The van der Waals surface area contributed by atoms with Gasteiger partial charge in [0.2, 0.25) is 0 Å². The lowest BCUT2D eigenvalue weighted by atomic mass is 9.88. The van der Waals surface area contributed by atoms with Crippen LogP contribution in [0.4, 0.5) is 0 Å². The third-order valence-corrected chi connectivity index (χ3v) is 4.86. The highest BCUT2D eigenvalue weighted by Crippen LogP contribution is 2.25. The van der Waals surface area contributed by atoms with E-state index in [9.17, 15) is 4.79 Å². The smallest absolute Gasteiger partial charge is 0.306 e. The number of carboxylic acids is 1. The average molecular weight is 313 g/mol. The summed E-state index contributed by atoms with van der Waals surface area (Å²) in [4.78, 5) is 11.0. The fourth-order valence-electron chi connectivity index (χ4n) is 3.12. The number of rotatable bonds is 16. The molecule has 2 heteroatoms. The number of hydrogen-bond acceptors (Lipinski definition) is 1. The fraction of sp³-hybridized carbons (Fsp3) is 0.950. The molecule has 22 heavy (non-hydrogen) atoms. The van der Waals surface area contributed by atoms with Crippen molar-refractivity contribution in [2.75, 3.05) is 0 Å². The number of aliphatic carboxylic acids is 1. The topological polar surface area (TPSA) is 37.3 Å². The standard InChI is InChI=1S/C20H40O2/c1-4-6-8-10-11-13-15-19(14-12-9-7-5-2)17-16-18(3)20(21)22/h18-19H,4-17H2,1-3H3,(H,21,22). The van der Waals surface area contributed by atoms with Crippen LogP contribution in [0.1, 0.15) is 111 Å². The van der Waals surface area contributed by atoms with Crippen molar-refractivity contribution in [3.63, 3.8) is 0 Å². The van der Waals surface area contributed by atoms with Gasteiger partial charge < -0.3 is 5.11 Å². The maximum Gasteiger partial charge on any atom is 0.306 e. The van der Waals surface area contributed by atoms with Gasteiger partial charge in [-0.05, 0) is 18.8 Å². The molecule has 0 radical (unpaired) electrons. The molecule has 2 unspecified atom stereocenters. The Morgan fingerprint density at radius 1 is 0.727 bits per heavy atom. The highest BCUT2D eigenvalue weighted by Gasteiger charge is 2.15. The normalized spacial score (nSPS) is 14.0. The molecule has 0 saturated carbocycles. The molecular formula is C20H40O2. The first kappa shape index (κ1) is 21.5. The van der Waals surface area contributed by atoms with E-state index < -0.39 is 5.97 Å². The van der Waals surface area contributed by atoms with E-state index in [1.165, 1.54) is 77.0 Å². The Balaban J connectivity index is 3.91. The molecule has 0 heterocycles. The third-order valence-electron chi connectivity index (χ3n) is 4.86. The van der Waals surface area contributed by atoms with Gasteiger partial charge in [-0.3, -0.25) is 4.79 Å². The Bertz CT molecular complexity index is 250. The van der Waals surface area contributed by atoms with Crippen molar-refractivity contribution in [1.82, 2.24) is 0 Å². The van der Waals surface area contributed by atoms with Gasteiger partial charge in [0, 0.05) is 0 Å². The predicted octanol–water partition coefficient (Wildman–Crippen LogP) is 6.82. The molecule has 0 saturated heterocycles. The average Bonchev–Trinajstić information content (AvgIpc) is 2.51. The minimum Gasteiger partial charge on any atom is -0.481 e. The van der Waals surface area contributed by atoms with Crippen LogP contribution in [0.5, 0.6) is 0 Å². The molecule has 2 atom stereocenters. The molecule has 2 nitrogen and oxygen atoms in total. The first-order chi connectivity index (χ1) is 10.6. The van der Waals surface area contributed by atoms with Gasteiger partial charge in [-0.15, -0.1) is 0 Å². The van der Waals surface area contributed by atoms with Gasteiger partial charge in [0.15, 0.2) is 0 Å². The molecule has 1 N–H and O–H groups in total. The summed E-state index contributed by atoms with van der Waals surface area (Å²) in [5.74, 6) is -0.0585. The summed E-state index contributed by atoms with van der Waals surface area (Å²) in [6, 6.07) is 0. The lowest BCUT2D eigenvalue weighted by Crippen LogP contribution is -2.12. The zero-order chi connectivity index (χ0) is 16.6. The molecule has 0 aromatic rings. The second-order valence-corrected chi connectivity index (χ2v) is 7.09. The van der Waals surface area contributed by atoms with E-state index in [4.69, 9.17) is 5.11 Å². The largest absolute Gasteiger partial charge is 0.481 e. The Morgan fingerprint density at radius 3 is 1.68 bits per heavy atom. The van der Waals surface area contributed by atoms with Crippen LogP contribution in [0.25, 0.3) is 0 Å². The van der Waals surface area contributed by atoms with Gasteiger partial charge in [-0.2, -0.15) is 0 Å². The van der Waals surface area contributed by atoms with Crippen LogP contribution >= 0.6 is 0 Å². The van der Waals surface area contributed by atoms with Crippen LogP contribution in [-0.4, -0.2) is 11.1 Å². The number of hydrogen-bond donors (Lipinski definition) is 1. The van der Waals surface area contributed by atoms with Crippen LogP contribution in [0, 0.1) is 11.8 Å². The lowest BCUT2D eigenvalue weighted by Gasteiger charge is -2.18. The van der Waals surface area contributed by atoms with Crippen LogP contribution in [0.3, 0.4) is 0 Å². The highest BCUT2D eigenvalue weighted by atomic mass is 16.4. The van der Waals surface area contributed by atoms with Crippen molar-refractivity contribution in [2.45, 2.75) is 111 Å². The Labute approximate surface area is 139 Å². The lowest BCUT2D eigenvalue weighted by molar-refractivity contribution is -0.141. The van der Waals surface area contributed by atoms with E-state index in [2.05, 4.69) is 13.8 Å². The van der Waals surface area contributed by atoms with Crippen molar-refractivity contribution in [1.29, 1.82) is 0 Å². The first-order valence-electron chi connectivity index (χ1n) is 9.84. The molecule has 0 fully saturated rings. The summed E-state index contributed by atoms with van der Waals surface area (Å²) in [7, 11) is 0. The quantitative estimate of drug-likeness (QED) is 0.317. The predicted molar refractivity (Wildman–Crippen MR) is 96.3 cm³/mol. The molecular weight excluding hydrogens is 272 g/mol. The zero-order valence-corrected chi connectivity index (χ0v) is 15.4. The van der Waals surface area contributed by atoms with Crippen molar-refractivity contribution in [2.24, 2.45) is 11.8 Å². The Kier molecular flexibility index (Phi) is 15.0. The van der Waals surface area contributed by atoms with Crippen LogP contribution in [0.15, 0.2) is 0 Å². The molecule has 0 aliphatic carbocycles. The molecule has 0 aliphatic heterocycles. The van der Waals surface area contributed by atoms with Gasteiger partial charge in [-0.1, -0.05) is 97.8 Å². The van der Waals surface area contributed by atoms with E-state index in [0.29, 0.717) is 0 Å². The summed E-state index contributed by atoms with van der Waals surface area (Å²) in [5.41, 5.74) is 0. The van der Waals surface area contributed by atoms with Gasteiger partial charge in [-0.25, -0.2) is 0 Å². The van der Waals surface area contributed by atoms with E-state index in [0.717, 1.165) is 18.8 Å². The summed E-state index contributed by atoms with van der Waals surface area (Å²) in [6.07, 6.45) is 18.0. The van der Waals surface area contributed by atoms with E-state index >= 15 is 0 Å². The second kappa shape index (κ2) is 15.4. The molecule has 0 aromatic heterocycles. The monoisotopic (exact) mass is 312 g/mol. The van der Waals surface area contributed by atoms with Crippen molar-refractivity contribution in [3.05, 3.63) is 0 Å². The summed E-state index contributed by atoms with van der Waals surface area (Å²) in [5, 5.41) is 9.04. The number of unbranched alkanes of at least 4 members (excludes halogenated alkanes) is 8. The SMILES string of the molecule is CCCCCCCCC(CCCCCC)CCC(C)C(=O)O. The van der Waals surface area contributed by atoms with Crippen LogP contribution in [0.2, 0.25) is 0 Å². The molecule has 0 spiro atoms. The van der Waals surface area contributed by atoms with Crippen molar-refractivity contribution in [3.8, 4) is 0 Å². The molecule has 0 aromatic carbocycles. The van der Waals surface area contributed by atoms with E-state index in [1.54, 1.807) is 0 Å². The van der Waals surface area contributed by atoms with Gasteiger partial charge in [0.05, 0.1) is 5.92 Å². The second-order valence-electron chi connectivity index (χ2n) is 7.09. The molecule has 0 rings (SSSR count). The van der Waals surface area contributed by atoms with E-state index in [-0.39, 0.29) is 5.92 Å². The molecule has 0 aliphatic rings. The minimum absolute atomic E-state index is 0.178. The zero-order valence-electron chi connectivity index (χ0n) is 15.4. The van der Waals surface area contributed by atoms with Crippen molar-refractivity contribution >= 4 is 5.97 Å². The highest BCUT2D eigenvalue weighted by molar-refractivity contribution is 5.69. The van der Waals surface area contributed by atoms with E-state index in [1.807, 2.05) is 6.92 Å². The van der Waals surface area contributed by atoms with Crippen LogP contribution in [-0.2, 0) is 4.79 Å². The Hall–Kier alpha value is -0.530.